The highest BCUT2D eigenvalue weighted by Crippen LogP contribution is 2.26. The van der Waals surface area contributed by atoms with E-state index in [1.165, 1.54) is 7.11 Å². The summed E-state index contributed by atoms with van der Waals surface area (Å²) in [5, 5.41) is 19.3. The molecule has 96 valence electrons. The maximum Gasteiger partial charge on any atom is 0.125 e. The second-order valence-corrected chi connectivity index (χ2v) is 3.88. The van der Waals surface area contributed by atoms with Crippen LogP contribution in [0.25, 0.3) is 0 Å². The average Bonchev–Trinajstić information content (AvgIpc) is 2.36. The highest BCUT2D eigenvalue weighted by Gasteiger charge is 2.12. The molecule has 1 aromatic rings. The molecule has 0 amide bonds. The third-order valence-corrected chi connectivity index (χ3v) is 2.45. The topological polar surface area (TPSA) is 58.9 Å². The van der Waals surface area contributed by atoms with Gasteiger partial charge in [-0.15, -0.1) is 0 Å². The number of ether oxygens (including phenoxy) is 2. The van der Waals surface area contributed by atoms with Crippen molar-refractivity contribution in [3.05, 3.63) is 29.8 Å². The Bertz CT molecular complexity index is 327. The molecule has 0 aliphatic heterocycles. The van der Waals surface area contributed by atoms with E-state index < -0.39 is 12.2 Å². The van der Waals surface area contributed by atoms with Crippen molar-refractivity contribution in [1.29, 1.82) is 0 Å². The highest BCUT2D eigenvalue weighted by atomic mass is 16.5. The van der Waals surface area contributed by atoms with Crippen molar-refractivity contribution in [3.63, 3.8) is 0 Å². The predicted molar refractivity (Wildman–Crippen MR) is 65.1 cm³/mol. The molecule has 2 atom stereocenters. The summed E-state index contributed by atoms with van der Waals surface area (Å²) in [6, 6.07) is 7.30. The zero-order chi connectivity index (χ0) is 12.7. The van der Waals surface area contributed by atoms with Crippen molar-refractivity contribution in [2.24, 2.45) is 0 Å². The van der Waals surface area contributed by atoms with Gasteiger partial charge >= 0.3 is 0 Å². The van der Waals surface area contributed by atoms with Gasteiger partial charge in [-0.3, -0.25) is 0 Å². The fourth-order valence-electron chi connectivity index (χ4n) is 1.53. The Morgan fingerprint density at radius 2 is 1.88 bits per heavy atom. The second kappa shape index (κ2) is 7.27. The smallest absolute Gasteiger partial charge is 0.125 e. The summed E-state index contributed by atoms with van der Waals surface area (Å²) in [7, 11) is 1.53. The molecule has 1 aromatic carbocycles. The minimum atomic E-state index is -0.660. The Hall–Kier alpha value is -1.10. The van der Waals surface area contributed by atoms with E-state index in [1.807, 2.05) is 25.1 Å². The van der Waals surface area contributed by atoms with Crippen LogP contribution < -0.4 is 4.74 Å². The molecule has 0 aliphatic carbocycles. The van der Waals surface area contributed by atoms with Crippen LogP contribution in [0.15, 0.2) is 24.3 Å². The molecule has 0 saturated heterocycles. The Morgan fingerprint density at radius 3 is 2.53 bits per heavy atom. The van der Waals surface area contributed by atoms with Gasteiger partial charge < -0.3 is 19.7 Å². The Kier molecular flexibility index (Phi) is 5.97. The molecule has 0 aromatic heterocycles. The molecule has 4 heteroatoms. The molecule has 4 nitrogen and oxygen atoms in total. The summed E-state index contributed by atoms with van der Waals surface area (Å²) < 4.78 is 10.3. The molecule has 1 rings (SSSR count). The molecule has 0 radical (unpaired) electrons. The largest absolute Gasteiger partial charge is 0.490 e. The third kappa shape index (κ3) is 4.34. The molecule has 2 unspecified atom stereocenters. The number of hydrogen-bond donors (Lipinski definition) is 2. The van der Waals surface area contributed by atoms with Gasteiger partial charge in [-0.05, 0) is 12.5 Å². The number of para-hydroxylation sites is 1. The molecule has 0 spiro atoms. The minimum Gasteiger partial charge on any atom is -0.490 e. The quantitative estimate of drug-likeness (QED) is 0.758. The fourth-order valence-corrected chi connectivity index (χ4v) is 1.53. The first-order valence-electron chi connectivity index (χ1n) is 5.75. The van der Waals surface area contributed by atoms with Crippen molar-refractivity contribution in [2.45, 2.75) is 25.6 Å². The minimum absolute atomic E-state index is 0.154. The molecule has 2 N–H and O–H groups in total. The van der Waals surface area contributed by atoms with E-state index in [0.29, 0.717) is 12.2 Å². The summed E-state index contributed by atoms with van der Waals surface area (Å²) in [6.07, 6.45) is -0.571. The van der Waals surface area contributed by atoms with Crippen LogP contribution in [0.3, 0.4) is 0 Å². The van der Waals surface area contributed by atoms with E-state index in [1.54, 1.807) is 6.07 Å². The molecular formula is C13H20O4. The molecule has 0 heterocycles. The SMILES string of the molecule is CCC(O)c1ccccc1OCC(O)COC. The molecule has 0 saturated carbocycles. The lowest BCUT2D eigenvalue weighted by Gasteiger charge is -2.16. The van der Waals surface area contributed by atoms with Gasteiger partial charge in [0.15, 0.2) is 0 Å². The molecule has 0 bridgehead atoms. The van der Waals surface area contributed by atoms with E-state index in [0.717, 1.165) is 5.56 Å². The van der Waals surface area contributed by atoms with Crippen molar-refractivity contribution >= 4 is 0 Å². The van der Waals surface area contributed by atoms with Gasteiger partial charge in [-0.2, -0.15) is 0 Å². The average molecular weight is 240 g/mol. The first-order chi connectivity index (χ1) is 8.19. The summed E-state index contributed by atoms with van der Waals surface area (Å²) in [5.41, 5.74) is 0.750. The van der Waals surface area contributed by atoms with Crippen LogP contribution in [0.2, 0.25) is 0 Å². The number of rotatable bonds is 7. The van der Waals surface area contributed by atoms with Gasteiger partial charge in [0.1, 0.15) is 18.5 Å². The van der Waals surface area contributed by atoms with Gasteiger partial charge in [0.05, 0.1) is 12.7 Å². The van der Waals surface area contributed by atoms with Crippen LogP contribution >= 0.6 is 0 Å². The zero-order valence-electron chi connectivity index (χ0n) is 10.3. The van der Waals surface area contributed by atoms with Crippen molar-refractivity contribution in [1.82, 2.24) is 0 Å². The Labute approximate surface area is 102 Å². The van der Waals surface area contributed by atoms with Crippen LogP contribution in [0, 0.1) is 0 Å². The van der Waals surface area contributed by atoms with Gasteiger partial charge in [0.25, 0.3) is 0 Å². The Morgan fingerprint density at radius 1 is 1.18 bits per heavy atom. The maximum atomic E-state index is 9.81. The number of aliphatic hydroxyl groups is 2. The first-order valence-corrected chi connectivity index (χ1v) is 5.75. The lowest BCUT2D eigenvalue weighted by Crippen LogP contribution is -2.23. The first kappa shape index (κ1) is 14.0. The number of aliphatic hydroxyl groups excluding tert-OH is 2. The van der Waals surface area contributed by atoms with Crippen molar-refractivity contribution in [3.8, 4) is 5.75 Å². The van der Waals surface area contributed by atoms with E-state index in [-0.39, 0.29) is 13.2 Å². The maximum absolute atomic E-state index is 9.81. The number of methoxy groups -OCH3 is 1. The van der Waals surface area contributed by atoms with E-state index in [2.05, 4.69) is 0 Å². The van der Waals surface area contributed by atoms with E-state index >= 15 is 0 Å². The highest BCUT2D eigenvalue weighted by molar-refractivity contribution is 5.35. The van der Waals surface area contributed by atoms with Crippen molar-refractivity contribution in [2.75, 3.05) is 20.3 Å². The van der Waals surface area contributed by atoms with E-state index in [4.69, 9.17) is 9.47 Å². The van der Waals surface area contributed by atoms with Crippen LogP contribution in [0.5, 0.6) is 5.75 Å². The lowest BCUT2D eigenvalue weighted by molar-refractivity contribution is 0.0315. The summed E-state index contributed by atoms with van der Waals surface area (Å²) in [5.74, 6) is 0.608. The van der Waals surface area contributed by atoms with Gasteiger partial charge in [0.2, 0.25) is 0 Å². The normalized spacial score (nSPS) is 14.4. The van der Waals surface area contributed by atoms with Crippen LogP contribution in [0.4, 0.5) is 0 Å². The predicted octanol–water partition coefficient (Wildman–Crippen LogP) is 1.52. The van der Waals surface area contributed by atoms with Crippen molar-refractivity contribution < 1.29 is 19.7 Å². The van der Waals surface area contributed by atoms with E-state index in [9.17, 15) is 10.2 Å². The number of hydrogen-bond acceptors (Lipinski definition) is 4. The molecular weight excluding hydrogens is 220 g/mol. The molecule has 0 aliphatic rings. The zero-order valence-corrected chi connectivity index (χ0v) is 10.3. The molecule has 0 fully saturated rings. The Balaban J connectivity index is 2.63. The fraction of sp³-hybridized carbons (Fsp3) is 0.538. The van der Waals surface area contributed by atoms with Gasteiger partial charge in [-0.25, -0.2) is 0 Å². The van der Waals surface area contributed by atoms with Crippen LogP contribution in [-0.2, 0) is 4.74 Å². The summed E-state index contributed by atoms with van der Waals surface area (Å²) in [6.45, 7) is 2.29. The monoisotopic (exact) mass is 240 g/mol. The summed E-state index contributed by atoms with van der Waals surface area (Å²) in [4.78, 5) is 0. The second-order valence-electron chi connectivity index (χ2n) is 3.88. The third-order valence-electron chi connectivity index (χ3n) is 2.45. The van der Waals surface area contributed by atoms with Crippen LogP contribution in [-0.4, -0.2) is 36.6 Å². The van der Waals surface area contributed by atoms with Gasteiger partial charge in [-0.1, -0.05) is 25.1 Å². The standard InChI is InChI=1S/C13H20O4/c1-3-12(15)11-6-4-5-7-13(11)17-9-10(14)8-16-2/h4-7,10,12,14-15H,3,8-9H2,1-2H3. The number of benzene rings is 1. The molecule has 17 heavy (non-hydrogen) atoms. The van der Waals surface area contributed by atoms with Gasteiger partial charge in [0, 0.05) is 12.7 Å². The lowest BCUT2D eigenvalue weighted by atomic mass is 10.1. The van der Waals surface area contributed by atoms with Crippen LogP contribution in [0.1, 0.15) is 25.0 Å². The summed E-state index contributed by atoms with van der Waals surface area (Å²) >= 11 is 0.